The van der Waals surface area contributed by atoms with Crippen molar-refractivity contribution in [1.29, 1.82) is 0 Å². The zero-order valence-corrected chi connectivity index (χ0v) is 10.5. The molecule has 5 nitrogen and oxygen atoms in total. The number of hydrogen-bond acceptors (Lipinski definition) is 4. The summed E-state index contributed by atoms with van der Waals surface area (Å²) >= 11 is 0. The highest BCUT2D eigenvalue weighted by Gasteiger charge is 2.25. The molecule has 96 valence electrons. The van der Waals surface area contributed by atoms with Crippen molar-refractivity contribution in [2.24, 2.45) is 5.92 Å². The van der Waals surface area contributed by atoms with Gasteiger partial charge in [-0.15, -0.1) is 0 Å². The van der Waals surface area contributed by atoms with E-state index in [-0.39, 0.29) is 16.7 Å². The Bertz CT molecular complexity index is 485. The van der Waals surface area contributed by atoms with Gasteiger partial charge in [0.15, 0.2) is 0 Å². The second-order valence-electron chi connectivity index (χ2n) is 4.57. The standard InChI is InChI=1S/C13H16N2O3/c1-9-7-10(3-4-13(9)18-2)11-5-6-14-8-12(11)15(16)17/h3,5-6,8-9,13H,4,7H2,1-2H3. The molecule has 0 N–H and O–H groups in total. The number of nitrogens with zero attached hydrogens (tertiary/aromatic N) is 2. The third-order valence-corrected chi connectivity index (χ3v) is 3.42. The Hall–Kier alpha value is -1.75. The van der Waals surface area contributed by atoms with E-state index in [2.05, 4.69) is 11.9 Å². The Kier molecular flexibility index (Phi) is 3.72. The van der Waals surface area contributed by atoms with Gasteiger partial charge in [-0.25, -0.2) is 0 Å². The Morgan fingerprint density at radius 1 is 1.56 bits per heavy atom. The molecule has 2 unspecified atom stereocenters. The maximum Gasteiger partial charge on any atom is 0.294 e. The van der Waals surface area contributed by atoms with Crippen molar-refractivity contribution < 1.29 is 9.66 Å². The molecule has 0 amide bonds. The van der Waals surface area contributed by atoms with Crippen molar-refractivity contribution in [3.63, 3.8) is 0 Å². The molecule has 0 saturated heterocycles. The number of rotatable bonds is 3. The smallest absolute Gasteiger partial charge is 0.294 e. The molecule has 1 heterocycles. The van der Waals surface area contributed by atoms with Gasteiger partial charge in [-0.05, 0) is 30.4 Å². The van der Waals surface area contributed by atoms with Gasteiger partial charge >= 0.3 is 0 Å². The molecule has 0 fully saturated rings. The summed E-state index contributed by atoms with van der Waals surface area (Å²) in [4.78, 5) is 14.4. The lowest BCUT2D eigenvalue weighted by Gasteiger charge is -2.27. The largest absolute Gasteiger partial charge is 0.381 e. The second kappa shape index (κ2) is 5.27. The molecule has 0 aromatic carbocycles. The third-order valence-electron chi connectivity index (χ3n) is 3.42. The Labute approximate surface area is 106 Å². The average molecular weight is 248 g/mol. The number of allylic oxidation sites excluding steroid dienone is 1. The van der Waals surface area contributed by atoms with E-state index in [1.54, 1.807) is 19.4 Å². The van der Waals surface area contributed by atoms with E-state index in [1.165, 1.54) is 6.20 Å². The van der Waals surface area contributed by atoms with Crippen LogP contribution in [0.2, 0.25) is 0 Å². The van der Waals surface area contributed by atoms with E-state index in [1.807, 2.05) is 6.08 Å². The zero-order chi connectivity index (χ0) is 13.1. The molecule has 0 saturated carbocycles. The van der Waals surface area contributed by atoms with Gasteiger partial charge in [-0.1, -0.05) is 13.0 Å². The monoisotopic (exact) mass is 248 g/mol. The van der Waals surface area contributed by atoms with Crippen LogP contribution in [0.15, 0.2) is 24.5 Å². The number of aromatic nitrogens is 1. The lowest BCUT2D eigenvalue weighted by atomic mass is 9.84. The SMILES string of the molecule is COC1CC=C(c2ccncc2[N+](=O)[O-])CC1C. The first-order valence-electron chi connectivity index (χ1n) is 5.94. The normalized spacial score (nSPS) is 23.6. The highest BCUT2D eigenvalue weighted by atomic mass is 16.6. The predicted octanol–water partition coefficient (Wildman–Crippen LogP) is 2.82. The van der Waals surface area contributed by atoms with Gasteiger partial charge < -0.3 is 4.74 Å². The molecule has 1 aromatic heterocycles. The Morgan fingerprint density at radius 2 is 2.33 bits per heavy atom. The second-order valence-corrected chi connectivity index (χ2v) is 4.57. The van der Waals surface area contributed by atoms with Crippen LogP contribution in [-0.2, 0) is 4.74 Å². The van der Waals surface area contributed by atoms with Gasteiger partial charge in [0, 0.05) is 13.3 Å². The van der Waals surface area contributed by atoms with Crippen molar-refractivity contribution in [2.45, 2.75) is 25.9 Å². The first-order chi connectivity index (χ1) is 8.63. The van der Waals surface area contributed by atoms with E-state index in [0.29, 0.717) is 11.5 Å². The maximum atomic E-state index is 11.0. The van der Waals surface area contributed by atoms with Gasteiger partial charge in [0.1, 0.15) is 6.20 Å². The molecule has 0 bridgehead atoms. The van der Waals surface area contributed by atoms with Crippen molar-refractivity contribution in [1.82, 2.24) is 4.98 Å². The molecular weight excluding hydrogens is 232 g/mol. The molecule has 1 aliphatic rings. The van der Waals surface area contributed by atoms with Gasteiger partial charge in [-0.3, -0.25) is 15.1 Å². The van der Waals surface area contributed by atoms with Crippen LogP contribution >= 0.6 is 0 Å². The summed E-state index contributed by atoms with van der Waals surface area (Å²) in [6.07, 6.45) is 6.74. The van der Waals surface area contributed by atoms with Crippen molar-refractivity contribution in [3.05, 3.63) is 40.2 Å². The minimum absolute atomic E-state index is 0.0758. The highest BCUT2D eigenvalue weighted by Crippen LogP contribution is 2.35. The molecule has 0 radical (unpaired) electrons. The number of nitro groups is 1. The van der Waals surface area contributed by atoms with E-state index in [4.69, 9.17) is 4.74 Å². The molecule has 0 aliphatic heterocycles. The molecule has 1 aromatic rings. The number of ether oxygens (including phenoxy) is 1. The number of hydrogen-bond donors (Lipinski definition) is 0. The van der Waals surface area contributed by atoms with Crippen LogP contribution in [0.5, 0.6) is 0 Å². The lowest BCUT2D eigenvalue weighted by molar-refractivity contribution is -0.385. The summed E-state index contributed by atoms with van der Waals surface area (Å²) in [6, 6.07) is 1.71. The minimum atomic E-state index is -0.379. The molecule has 0 spiro atoms. The fourth-order valence-electron chi connectivity index (χ4n) is 2.40. The Morgan fingerprint density at radius 3 is 2.94 bits per heavy atom. The van der Waals surface area contributed by atoms with Crippen LogP contribution < -0.4 is 0 Å². The molecule has 18 heavy (non-hydrogen) atoms. The predicted molar refractivity (Wildman–Crippen MR) is 68.1 cm³/mol. The molecule has 2 atom stereocenters. The minimum Gasteiger partial charge on any atom is -0.381 e. The van der Waals surface area contributed by atoms with E-state index >= 15 is 0 Å². The van der Waals surface area contributed by atoms with Crippen LogP contribution in [-0.4, -0.2) is 23.1 Å². The molecule has 5 heteroatoms. The van der Waals surface area contributed by atoms with Crippen LogP contribution in [0.25, 0.3) is 5.57 Å². The summed E-state index contributed by atoms with van der Waals surface area (Å²) in [7, 11) is 1.70. The van der Waals surface area contributed by atoms with Crippen LogP contribution in [0.3, 0.4) is 0 Å². The fraction of sp³-hybridized carbons (Fsp3) is 0.462. The van der Waals surface area contributed by atoms with Gasteiger partial charge in [-0.2, -0.15) is 0 Å². The highest BCUT2D eigenvalue weighted by molar-refractivity contribution is 5.73. The maximum absolute atomic E-state index is 11.0. The van der Waals surface area contributed by atoms with Gasteiger partial charge in [0.05, 0.1) is 16.6 Å². The van der Waals surface area contributed by atoms with E-state index in [9.17, 15) is 10.1 Å². The van der Waals surface area contributed by atoms with Gasteiger partial charge in [0.2, 0.25) is 0 Å². The van der Waals surface area contributed by atoms with Crippen molar-refractivity contribution in [2.75, 3.05) is 7.11 Å². The zero-order valence-electron chi connectivity index (χ0n) is 10.5. The first kappa shape index (κ1) is 12.7. The topological polar surface area (TPSA) is 65.3 Å². The fourth-order valence-corrected chi connectivity index (χ4v) is 2.40. The van der Waals surface area contributed by atoms with E-state index in [0.717, 1.165) is 18.4 Å². The quantitative estimate of drug-likeness (QED) is 0.609. The van der Waals surface area contributed by atoms with Crippen LogP contribution in [0, 0.1) is 16.0 Å². The third kappa shape index (κ3) is 2.41. The lowest BCUT2D eigenvalue weighted by Crippen LogP contribution is -2.23. The summed E-state index contributed by atoms with van der Waals surface area (Å²) in [6.45, 7) is 2.11. The van der Waals surface area contributed by atoms with Gasteiger partial charge in [0.25, 0.3) is 5.69 Å². The van der Waals surface area contributed by atoms with Crippen LogP contribution in [0.1, 0.15) is 25.3 Å². The summed E-state index contributed by atoms with van der Waals surface area (Å²) in [5, 5.41) is 11.0. The summed E-state index contributed by atoms with van der Waals surface area (Å²) < 4.78 is 5.37. The summed E-state index contributed by atoms with van der Waals surface area (Å²) in [5.74, 6) is 0.364. The average Bonchev–Trinajstić information content (AvgIpc) is 2.38. The molecular formula is C13H16N2O3. The molecule has 1 aliphatic carbocycles. The molecule has 2 rings (SSSR count). The first-order valence-corrected chi connectivity index (χ1v) is 5.94. The number of pyridine rings is 1. The van der Waals surface area contributed by atoms with Crippen molar-refractivity contribution in [3.8, 4) is 0 Å². The Balaban J connectivity index is 2.33. The van der Waals surface area contributed by atoms with Crippen molar-refractivity contribution >= 4 is 11.3 Å². The summed E-state index contributed by atoms with van der Waals surface area (Å²) in [5.41, 5.74) is 1.77. The van der Waals surface area contributed by atoms with Crippen LogP contribution in [0.4, 0.5) is 5.69 Å². The van der Waals surface area contributed by atoms with E-state index < -0.39 is 0 Å². The number of methoxy groups -OCH3 is 1.